The second-order valence-electron chi connectivity index (χ2n) is 9.78. The highest BCUT2D eigenvalue weighted by Gasteiger charge is 2.38. The molecule has 4 aliphatic rings. The van der Waals surface area contributed by atoms with Crippen molar-refractivity contribution in [2.45, 2.75) is 62.6 Å². The summed E-state index contributed by atoms with van der Waals surface area (Å²) in [4.78, 5) is 16.9. The molecule has 1 N–H and O–H groups in total. The average Bonchev–Trinajstić information content (AvgIpc) is 2.82. The van der Waals surface area contributed by atoms with E-state index in [4.69, 9.17) is 9.47 Å². The number of hydrogen-bond acceptors (Lipinski definition) is 6. The van der Waals surface area contributed by atoms with Gasteiger partial charge in [-0.25, -0.2) is 13.1 Å². The van der Waals surface area contributed by atoms with Gasteiger partial charge >= 0.3 is 0 Å². The maximum Gasteiger partial charge on any atom is 0.260 e. The number of fused-ring (bicyclic) bond motifs is 5. The zero-order chi connectivity index (χ0) is 23.4. The number of nitrogens with zero attached hydrogens (tertiary/aromatic N) is 2. The second-order valence-corrected chi connectivity index (χ2v) is 11.7. The minimum atomic E-state index is -3.47. The molecule has 1 unspecified atom stereocenters. The summed E-state index contributed by atoms with van der Waals surface area (Å²) in [6.45, 7) is 1.32. The first-order valence-corrected chi connectivity index (χ1v) is 13.7. The van der Waals surface area contributed by atoms with E-state index in [0.717, 1.165) is 37.9 Å². The Hall–Kier alpha value is -1.68. The summed E-state index contributed by atoms with van der Waals surface area (Å²) in [6.07, 6.45) is 5.53. The number of nitrogens with one attached hydrogen (secondary N) is 1. The molecule has 2 fully saturated rings. The molecule has 1 aromatic rings. The van der Waals surface area contributed by atoms with E-state index < -0.39 is 10.0 Å². The highest BCUT2D eigenvalue weighted by Crippen LogP contribution is 2.38. The zero-order valence-corrected chi connectivity index (χ0v) is 20.6. The van der Waals surface area contributed by atoms with Gasteiger partial charge in [0.2, 0.25) is 10.0 Å². The molecule has 184 valence electrons. The van der Waals surface area contributed by atoms with Crippen LogP contribution < -0.4 is 9.46 Å². The van der Waals surface area contributed by atoms with Crippen molar-refractivity contribution in [3.05, 3.63) is 29.8 Å². The predicted octanol–water partition coefficient (Wildman–Crippen LogP) is 1.96. The fourth-order valence-electron chi connectivity index (χ4n) is 5.25. The van der Waals surface area contributed by atoms with Crippen LogP contribution in [-0.4, -0.2) is 88.5 Å². The summed E-state index contributed by atoms with van der Waals surface area (Å²) in [6, 6.07) is 7.33. The molecular formula is C24H37N3O5S. The highest BCUT2D eigenvalue weighted by atomic mass is 32.2. The number of hydrogen-bond donors (Lipinski definition) is 1. The smallest absolute Gasteiger partial charge is 0.260 e. The Morgan fingerprint density at radius 1 is 1.12 bits per heavy atom. The van der Waals surface area contributed by atoms with Crippen LogP contribution >= 0.6 is 0 Å². The summed E-state index contributed by atoms with van der Waals surface area (Å²) in [5.74, 6) is 1.10. The first-order chi connectivity index (χ1) is 15.8. The molecule has 5 rings (SSSR count). The standard InChI is InChI=1S/C24H37N3O5S/c1-26(2)14-15-33(29,30)25-21-7-5-13-27-22(21)16-31-19-11-9-18(10-12-19)20-6-3-4-8-23(20)32-17-24(27)28/h3-4,6,8,18-19,21-22,25H,5,7,9-17H2,1-2H3/t18?,19?,21-,22?/m0/s1. The van der Waals surface area contributed by atoms with Crippen LogP contribution in [0.3, 0.4) is 0 Å². The highest BCUT2D eigenvalue weighted by molar-refractivity contribution is 7.89. The van der Waals surface area contributed by atoms with Crippen LogP contribution in [0.2, 0.25) is 0 Å². The molecule has 2 bridgehead atoms. The molecular weight excluding hydrogens is 442 g/mol. The first-order valence-electron chi connectivity index (χ1n) is 12.1. The maximum atomic E-state index is 13.2. The SMILES string of the molecule is CN(C)CCS(=O)(=O)N[C@H]1CCCN2C(=O)COc3ccccc3C3CCC(CC3)OCC12. The summed E-state index contributed by atoms with van der Waals surface area (Å²) >= 11 is 0. The van der Waals surface area contributed by atoms with Crippen LogP contribution in [0.1, 0.15) is 50.0 Å². The van der Waals surface area contributed by atoms with E-state index in [1.54, 1.807) is 4.90 Å². The lowest BCUT2D eigenvalue weighted by molar-refractivity contribution is -0.140. The maximum absolute atomic E-state index is 13.2. The Morgan fingerprint density at radius 2 is 1.88 bits per heavy atom. The third kappa shape index (κ3) is 6.26. The van der Waals surface area contributed by atoms with E-state index in [-0.39, 0.29) is 36.5 Å². The Balaban J connectivity index is 1.55. The van der Waals surface area contributed by atoms with Crippen LogP contribution in [0.5, 0.6) is 5.75 Å². The lowest BCUT2D eigenvalue weighted by Crippen LogP contribution is -2.60. The fourth-order valence-corrected chi connectivity index (χ4v) is 6.71. The van der Waals surface area contributed by atoms with Gasteiger partial charge in [0, 0.05) is 19.1 Å². The molecule has 0 aromatic heterocycles. The molecule has 1 saturated carbocycles. The van der Waals surface area contributed by atoms with E-state index in [1.165, 1.54) is 5.56 Å². The number of para-hydroxylation sites is 1. The molecule has 2 atom stereocenters. The molecule has 1 aromatic carbocycles. The van der Waals surface area contributed by atoms with Gasteiger partial charge in [0.15, 0.2) is 6.61 Å². The summed E-state index contributed by atoms with van der Waals surface area (Å²) < 4.78 is 40.7. The number of benzene rings is 1. The molecule has 3 heterocycles. The molecule has 0 radical (unpaired) electrons. The molecule has 8 nitrogen and oxygen atoms in total. The summed E-state index contributed by atoms with van der Waals surface area (Å²) in [5.41, 5.74) is 1.17. The van der Waals surface area contributed by atoms with Crippen molar-refractivity contribution >= 4 is 15.9 Å². The van der Waals surface area contributed by atoms with Crippen LogP contribution in [0.4, 0.5) is 0 Å². The van der Waals surface area contributed by atoms with Crippen molar-refractivity contribution in [3.8, 4) is 5.75 Å². The molecule has 33 heavy (non-hydrogen) atoms. The van der Waals surface area contributed by atoms with E-state index in [1.807, 2.05) is 37.2 Å². The molecule has 9 heteroatoms. The number of ether oxygens (including phenoxy) is 2. The predicted molar refractivity (Wildman–Crippen MR) is 127 cm³/mol. The minimum absolute atomic E-state index is 0.0297. The lowest BCUT2D eigenvalue weighted by atomic mass is 9.82. The number of sulfonamides is 1. The van der Waals surface area contributed by atoms with Crippen LogP contribution in [0.25, 0.3) is 0 Å². The molecule has 3 aliphatic heterocycles. The normalized spacial score (nSPS) is 28.8. The van der Waals surface area contributed by atoms with Gasteiger partial charge in [-0.05, 0) is 70.2 Å². The van der Waals surface area contributed by atoms with E-state index >= 15 is 0 Å². The number of carbonyl (C=O) groups excluding carboxylic acids is 1. The quantitative estimate of drug-likeness (QED) is 0.695. The zero-order valence-electron chi connectivity index (χ0n) is 19.7. The van der Waals surface area contributed by atoms with Gasteiger partial charge in [-0.15, -0.1) is 0 Å². The first kappa shape index (κ1) is 24.4. The van der Waals surface area contributed by atoms with Gasteiger partial charge in [-0.3, -0.25) is 4.79 Å². The number of amides is 1. The monoisotopic (exact) mass is 479 g/mol. The van der Waals surface area contributed by atoms with Crippen LogP contribution in [0, 0.1) is 0 Å². The van der Waals surface area contributed by atoms with Crippen molar-refractivity contribution < 1.29 is 22.7 Å². The van der Waals surface area contributed by atoms with Gasteiger partial charge < -0.3 is 19.3 Å². The Labute approximate surface area is 197 Å². The molecule has 1 saturated heterocycles. The Kier molecular flexibility index (Phi) is 7.94. The Bertz CT molecular complexity index is 914. The van der Waals surface area contributed by atoms with E-state index in [2.05, 4.69) is 10.8 Å². The largest absolute Gasteiger partial charge is 0.483 e. The van der Waals surface area contributed by atoms with Crippen molar-refractivity contribution in [3.63, 3.8) is 0 Å². The van der Waals surface area contributed by atoms with E-state index in [9.17, 15) is 13.2 Å². The topological polar surface area (TPSA) is 88.2 Å². The second kappa shape index (κ2) is 10.7. The average molecular weight is 480 g/mol. The Morgan fingerprint density at radius 3 is 2.64 bits per heavy atom. The van der Waals surface area contributed by atoms with E-state index in [0.29, 0.717) is 32.0 Å². The van der Waals surface area contributed by atoms with Crippen molar-refractivity contribution in [2.75, 3.05) is 46.2 Å². The van der Waals surface area contributed by atoms with Crippen molar-refractivity contribution in [1.82, 2.24) is 14.5 Å². The number of carbonyl (C=O) groups is 1. The molecule has 1 amide bonds. The van der Waals surface area contributed by atoms with Gasteiger partial charge in [-0.1, -0.05) is 18.2 Å². The number of piperidine rings is 1. The van der Waals surface area contributed by atoms with Gasteiger partial charge in [0.05, 0.1) is 24.5 Å². The van der Waals surface area contributed by atoms with Crippen LogP contribution in [0.15, 0.2) is 24.3 Å². The van der Waals surface area contributed by atoms with Gasteiger partial charge in [-0.2, -0.15) is 0 Å². The third-order valence-electron chi connectivity index (χ3n) is 7.12. The summed E-state index contributed by atoms with van der Waals surface area (Å²) in [5, 5.41) is 0. The van der Waals surface area contributed by atoms with Gasteiger partial charge in [0.25, 0.3) is 5.91 Å². The van der Waals surface area contributed by atoms with Crippen molar-refractivity contribution in [1.29, 1.82) is 0 Å². The fraction of sp³-hybridized carbons (Fsp3) is 0.708. The van der Waals surface area contributed by atoms with Crippen molar-refractivity contribution in [2.24, 2.45) is 0 Å². The van der Waals surface area contributed by atoms with Gasteiger partial charge in [0.1, 0.15) is 5.75 Å². The lowest BCUT2D eigenvalue weighted by Gasteiger charge is -2.42. The number of rotatable bonds is 5. The molecule has 0 spiro atoms. The minimum Gasteiger partial charge on any atom is -0.483 e. The molecule has 1 aliphatic carbocycles. The third-order valence-corrected chi connectivity index (χ3v) is 8.51. The van der Waals surface area contributed by atoms with Crippen LogP contribution in [-0.2, 0) is 19.6 Å². The summed E-state index contributed by atoms with van der Waals surface area (Å²) in [7, 11) is 0.239.